The predicted molar refractivity (Wildman–Crippen MR) is 92.0 cm³/mol. The average molecular weight is 311 g/mol. The van der Waals surface area contributed by atoms with Crippen LogP contribution in [0.4, 0.5) is 5.69 Å². The third-order valence-corrected chi connectivity index (χ3v) is 4.34. The zero-order chi connectivity index (χ0) is 16.4. The Bertz CT molecular complexity index is 700. The summed E-state index contributed by atoms with van der Waals surface area (Å²) in [6, 6.07) is 10.4. The van der Waals surface area contributed by atoms with Crippen molar-refractivity contribution in [2.45, 2.75) is 19.1 Å². The summed E-state index contributed by atoms with van der Waals surface area (Å²) in [7, 11) is 2.00. The first kappa shape index (κ1) is 15.7. The highest BCUT2D eigenvalue weighted by Crippen LogP contribution is 2.24. The van der Waals surface area contributed by atoms with E-state index in [0.29, 0.717) is 13.1 Å². The molecule has 120 valence electrons. The lowest BCUT2D eigenvalue weighted by Crippen LogP contribution is -2.25. The van der Waals surface area contributed by atoms with Crippen LogP contribution in [0, 0.1) is 6.92 Å². The maximum Gasteiger partial charge on any atom is 0.169 e. The van der Waals surface area contributed by atoms with E-state index in [9.17, 15) is 10.2 Å². The number of hydrogen-bond acceptors (Lipinski definition) is 3. The third kappa shape index (κ3) is 3.60. The Kier molecular flexibility index (Phi) is 4.46. The van der Waals surface area contributed by atoms with Crippen molar-refractivity contribution in [3.8, 4) is 0 Å². The molecule has 23 heavy (non-hydrogen) atoms. The molecule has 1 saturated heterocycles. The van der Waals surface area contributed by atoms with Crippen LogP contribution in [0.3, 0.4) is 0 Å². The SMILES string of the molecule is Cc1cc(N2CC(O)C(O)C2)ccc1/C=C/c1cc[n+](C)cc1. The highest BCUT2D eigenvalue weighted by atomic mass is 16.3. The summed E-state index contributed by atoms with van der Waals surface area (Å²) in [4.78, 5) is 2.02. The van der Waals surface area contributed by atoms with E-state index in [1.807, 2.05) is 35.0 Å². The number of aromatic nitrogens is 1. The number of pyridine rings is 1. The molecule has 3 rings (SSSR count). The first-order valence-corrected chi connectivity index (χ1v) is 7.88. The van der Waals surface area contributed by atoms with Gasteiger partial charge in [-0.25, -0.2) is 4.57 Å². The molecule has 2 atom stereocenters. The van der Waals surface area contributed by atoms with E-state index in [-0.39, 0.29) is 0 Å². The smallest absolute Gasteiger partial charge is 0.169 e. The van der Waals surface area contributed by atoms with E-state index in [0.717, 1.165) is 11.3 Å². The van der Waals surface area contributed by atoms with Gasteiger partial charge in [0.1, 0.15) is 7.05 Å². The molecule has 4 heteroatoms. The first-order chi connectivity index (χ1) is 11.0. The highest BCUT2D eigenvalue weighted by molar-refractivity contribution is 5.72. The molecule has 0 aliphatic carbocycles. The van der Waals surface area contributed by atoms with Crippen LogP contribution < -0.4 is 9.47 Å². The zero-order valence-electron chi connectivity index (χ0n) is 13.6. The van der Waals surface area contributed by atoms with Crippen molar-refractivity contribution in [3.05, 3.63) is 59.4 Å². The molecule has 1 aromatic heterocycles. The van der Waals surface area contributed by atoms with Crippen molar-refractivity contribution in [2.24, 2.45) is 7.05 Å². The fraction of sp³-hybridized carbons (Fsp3) is 0.316. The Hall–Kier alpha value is -2.17. The number of aliphatic hydroxyl groups excluding tert-OH is 2. The third-order valence-electron chi connectivity index (χ3n) is 4.34. The fourth-order valence-corrected chi connectivity index (χ4v) is 2.83. The van der Waals surface area contributed by atoms with Gasteiger partial charge >= 0.3 is 0 Å². The van der Waals surface area contributed by atoms with Gasteiger partial charge in [-0.1, -0.05) is 18.2 Å². The largest absolute Gasteiger partial charge is 0.389 e. The molecule has 0 saturated carbocycles. The molecule has 1 aliphatic heterocycles. The standard InChI is InChI=1S/C19H23N2O2/c1-14-11-17(21-12-18(22)19(23)13-21)6-5-16(14)4-3-15-7-9-20(2)10-8-15/h3-11,18-19,22-23H,12-13H2,1-2H3/q+1. The number of nitrogens with zero attached hydrogens (tertiary/aromatic N) is 2. The second-order valence-electron chi connectivity index (χ2n) is 6.21. The summed E-state index contributed by atoms with van der Waals surface area (Å²) in [6.45, 7) is 3.05. The lowest BCUT2D eigenvalue weighted by molar-refractivity contribution is -0.671. The van der Waals surface area contributed by atoms with Crippen LogP contribution >= 0.6 is 0 Å². The Morgan fingerprint density at radius 2 is 1.70 bits per heavy atom. The lowest BCUT2D eigenvalue weighted by Gasteiger charge is -2.18. The monoisotopic (exact) mass is 311 g/mol. The van der Waals surface area contributed by atoms with E-state index < -0.39 is 12.2 Å². The van der Waals surface area contributed by atoms with Gasteiger partial charge in [0.2, 0.25) is 0 Å². The molecule has 2 unspecified atom stereocenters. The van der Waals surface area contributed by atoms with Gasteiger partial charge in [0, 0.05) is 30.9 Å². The van der Waals surface area contributed by atoms with Crippen LogP contribution in [0.15, 0.2) is 42.7 Å². The van der Waals surface area contributed by atoms with Gasteiger partial charge in [0.15, 0.2) is 12.4 Å². The summed E-state index contributed by atoms with van der Waals surface area (Å²) < 4.78 is 2.01. The van der Waals surface area contributed by atoms with Gasteiger partial charge in [0.25, 0.3) is 0 Å². The van der Waals surface area contributed by atoms with Crippen LogP contribution in [-0.4, -0.2) is 35.5 Å². The number of aliphatic hydroxyl groups is 2. The van der Waals surface area contributed by atoms with Gasteiger partial charge in [-0.2, -0.15) is 0 Å². The molecule has 2 aromatic rings. The molecule has 2 N–H and O–H groups in total. The van der Waals surface area contributed by atoms with Crippen LogP contribution in [0.25, 0.3) is 12.2 Å². The van der Waals surface area contributed by atoms with E-state index >= 15 is 0 Å². The van der Waals surface area contributed by atoms with Crippen molar-refractivity contribution < 1.29 is 14.8 Å². The van der Waals surface area contributed by atoms with Crippen molar-refractivity contribution in [1.82, 2.24) is 0 Å². The minimum atomic E-state index is -0.658. The summed E-state index contributed by atoms with van der Waals surface area (Å²) >= 11 is 0. The number of rotatable bonds is 3. The van der Waals surface area contributed by atoms with Gasteiger partial charge in [0.05, 0.1) is 12.2 Å². The van der Waals surface area contributed by atoms with E-state index in [1.54, 1.807) is 0 Å². The number of hydrogen-bond donors (Lipinski definition) is 2. The first-order valence-electron chi connectivity index (χ1n) is 7.88. The summed E-state index contributed by atoms with van der Waals surface area (Å²) in [5.74, 6) is 0. The van der Waals surface area contributed by atoms with Crippen molar-refractivity contribution in [2.75, 3.05) is 18.0 Å². The van der Waals surface area contributed by atoms with Gasteiger partial charge in [-0.05, 0) is 35.7 Å². The Labute approximate surface area is 136 Å². The maximum absolute atomic E-state index is 9.68. The number of benzene rings is 1. The molecule has 2 heterocycles. The van der Waals surface area contributed by atoms with Crippen LogP contribution in [0.1, 0.15) is 16.7 Å². The van der Waals surface area contributed by atoms with E-state index in [1.165, 1.54) is 11.1 Å². The van der Waals surface area contributed by atoms with Crippen molar-refractivity contribution >= 4 is 17.8 Å². The van der Waals surface area contributed by atoms with Gasteiger partial charge in [-0.3, -0.25) is 0 Å². The second-order valence-corrected chi connectivity index (χ2v) is 6.21. The zero-order valence-corrected chi connectivity index (χ0v) is 13.6. The average Bonchev–Trinajstić information content (AvgIpc) is 2.87. The molecule has 1 fully saturated rings. The Morgan fingerprint density at radius 1 is 1.04 bits per heavy atom. The maximum atomic E-state index is 9.68. The Morgan fingerprint density at radius 3 is 2.30 bits per heavy atom. The molecule has 1 aromatic carbocycles. The van der Waals surface area contributed by atoms with Crippen LogP contribution in [0.5, 0.6) is 0 Å². The van der Waals surface area contributed by atoms with Crippen molar-refractivity contribution in [1.29, 1.82) is 0 Å². The molecule has 1 aliphatic rings. The summed E-state index contributed by atoms with van der Waals surface area (Å²) in [5, 5.41) is 19.4. The predicted octanol–water partition coefficient (Wildman–Crippen LogP) is 1.53. The topological polar surface area (TPSA) is 47.6 Å². The summed E-state index contributed by atoms with van der Waals surface area (Å²) in [5.41, 5.74) is 4.55. The molecular weight excluding hydrogens is 288 g/mol. The second kappa shape index (κ2) is 6.52. The highest BCUT2D eigenvalue weighted by Gasteiger charge is 2.29. The molecule has 4 nitrogen and oxygen atoms in total. The summed E-state index contributed by atoms with van der Waals surface area (Å²) in [6.07, 6.45) is 6.95. The van der Waals surface area contributed by atoms with E-state index in [2.05, 4.69) is 43.3 Å². The molecule has 0 amide bonds. The number of aryl methyl sites for hydroxylation is 2. The van der Waals surface area contributed by atoms with E-state index in [4.69, 9.17) is 0 Å². The molecule has 0 spiro atoms. The molecular formula is C19H23N2O2+. The lowest BCUT2D eigenvalue weighted by atomic mass is 10.1. The van der Waals surface area contributed by atoms with Gasteiger partial charge in [-0.15, -0.1) is 0 Å². The number of β-amino-alcohol motifs (C(OH)–C–C–N with tert-alkyl or cyclic N) is 2. The number of anilines is 1. The minimum absolute atomic E-state index is 0.483. The van der Waals surface area contributed by atoms with Gasteiger partial charge < -0.3 is 15.1 Å². The molecule has 0 radical (unpaired) electrons. The van der Waals surface area contributed by atoms with Crippen molar-refractivity contribution in [3.63, 3.8) is 0 Å². The van der Waals surface area contributed by atoms with Crippen LogP contribution in [0.2, 0.25) is 0 Å². The fourth-order valence-electron chi connectivity index (χ4n) is 2.83. The molecule has 0 bridgehead atoms. The minimum Gasteiger partial charge on any atom is -0.389 e. The quantitative estimate of drug-likeness (QED) is 0.845. The normalized spacial score (nSPS) is 21.3. The van der Waals surface area contributed by atoms with Crippen LogP contribution in [-0.2, 0) is 7.05 Å². The Balaban J connectivity index is 1.76.